The molecular formula is C21H22FN3O3. The van der Waals surface area contributed by atoms with Crippen molar-refractivity contribution in [3.05, 3.63) is 65.0 Å². The molecule has 2 aromatic rings. The molecule has 2 aromatic carbocycles. The SMILES string of the molecule is CC(=O)c1cccc(NC(=O)N2CCN(C(=O)c3ccc(C)c(F)c3)CC2)c1. The zero-order valence-corrected chi connectivity index (χ0v) is 15.9. The summed E-state index contributed by atoms with van der Waals surface area (Å²) in [6, 6.07) is 10.9. The highest BCUT2D eigenvalue weighted by atomic mass is 19.1. The molecule has 1 saturated heterocycles. The molecule has 0 radical (unpaired) electrons. The maximum Gasteiger partial charge on any atom is 0.321 e. The predicted octanol–water partition coefficient (Wildman–Crippen LogP) is 3.33. The van der Waals surface area contributed by atoms with Gasteiger partial charge in [0.2, 0.25) is 0 Å². The van der Waals surface area contributed by atoms with Gasteiger partial charge in [0.15, 0.2) is 5.78 Å². The minimum Gasteiger partial charge on any atom is -0.335 e. The zero-order valence-electron chi connectivity index (χ0n) is 15.9. The predicted molar refractivity (Wildman–Crippen MR) is 104 cm³/mol. The van der Waals surface area contributed by atoms with Crippen LogP contribution in [0.3, 0.4) is 0 Å². The Morgan fingerprint density at radius 3 is 2.25 bits per heavy atom. The number of piperazine rings is 1. The van der Waals surface area contributed by atoms with Crippen LogP contribution in [-0.4, -0.2) is 53.7 Å². The number of urea groups is 1. The number of nitrogens with one attached hydrogen (secondary N) is 1. The fourth-order valence-electron chi connectivity index (χ4n) is 3.04. The lowest BCUT2D eigenvalue weighted by atomic mass is 10.1. The Hall–Kier alpha value is -3.22. The smallest absolute Gasteiger partial charge is 0.321 e. The summed E-state index contributed by atoms with van der Waals surface area (Å²) in [5.41, 5.74) is 1.87. The van der Waals surface area contributed by atoms with Crippen molar-refractivity contribution in [1.82, 2.24) is 9.80 Å². The fraction of sp³-hybridized carbons (Fsp3) is 0.286. The van der Waals surface area contributed by atoms with Gasteiger partial charge in [-0.2, -0.15) is 0 Å². The molecule has 6 nitrogen and oxygen atoms in total. The highest BCUT2D eigenvalue weighted by molar-refractivity contribution is 5.97. The van der Waals surface area contributed by atoms with E-state index in [1.54, 1.807) is 53.1 Å². The van der Waals surface area contributed by atoms with Crippen LogP contribution in [0.25, 0.3) is 0 Å². The van der Waals surface area contributed by atoms with Gasteiger partial charge in [0.1, 0.15) is 5.82 Å². The molecule has 0 aromatic heterocycles. The molecular weight excluding hydrogens is 361 g/mol. The number of rotatable bonds is 3. The van der Waals surface area contributed by atoms with Crippen LogP contribution < -0.4 is 5.32 Å². The third-order valence-corrected chi connectivity index (χ3v) is 4.79. The third kappa shape index (κ3) is 4.36. The Labute approximate surface area is 162 Å². The maximum absolute atomic E-state index is 13.7. The molecule has 146 valence electrons. The van der Waals surface area contributed by atoms with Gasteiger partial charge in [0.05, 0.1) is 0 Å². The average molecular weight is 383 g/mol. The quantitative estimate of drug-likeness (QED) is 0.827. The van der Waals surface area contributed by atoms with Crippen molar-refractivity contribution in [3.63, 3.8) is 0 Å². The summed E-state index contributed by atoms with van der Waals surface area (Å²) in [5.74, 6) is -0.722. The average Bonchev–Trinajstić information content (AvgIpc) is 2.70. The Morgan fingerprint density at radius 1 is 0.929 bits per heavy atom. The Balaban J connectivity index is 1.58. The first-order valence-electron chi connectivity index (χ1n) is 9.07. The van der Waals surface area contributed by atoms with E-state index >= 15 is 0 Å². The zero-order chi connectivity index (χ0) is 20.3. The van der Waals surface area contributed by atoms with E-state index in [-0.39, 0.29) is 17.7 Å². The topological polar surface area (TPSA) is 69.7 Å². The van der Waals surface area contributed by atoms with Crippen molar-refractivity contribution in [2.24, 2.45) is 0 Å². The van der Waals surface area contributed by atoms with Gasteiger partial charge in [0, 0.05) is 43.0 Å². The summed E-state index contributed by atoms with van der Waals surface area (Å²) >= 11 is 0. The van der Waals surface area contributed by atoms with Gasteiger partial charge in [-0.1, -0.05) is 18.2 Å². The van der Waals surface area contributed by atoms with Crippen LogP contribution in [0.15, 0.2) is 42.5 Å². The van der Waals surface area contributed by atoms with Gasteiger partial charge in [-0.3, -0.25) is 9.59 Å². The first kappa shape index (κ1) is 19.5. The number of halogens is 1. The lowest BCUT2D eigenvalue weighted by Crippen LogP contribution is -2.51. The van der Waals surface area contributed by atoms with E-state index in [4.69, 9.17) is 0 Å². The van der Waals surface area contributed by atoms with E-state index in [2.05, 4.69) is 5.32 Å². The first-order valence-corrected chi connectivity index (χ1v) is 9.07. The van der Waals surface area contributed by atoms with E-state index < -0.39 is 5.82 Å². The summed E-state index contributed by atoms with van der Waals surface area (Å²) in [4.78, 5) is 39.7. The summed E-state index contributed by atoms with van der Waals surface area (Å²) in [6.07, 6.45) is 0. The number of ketones is 1. The van der Waals surface area contributed by atoms with Crippen LogP contribution in [0, 0.1) is 12.7 Å². The summed E-state index contributed by atoms with van der Waals surface area (Å²) < 4.78 is 13.7. The standard InChI is InChI=1S/C21H22FN3O3/c1-14-6-7-17(13-19(14)22)20(27)24-8-10-25(11-9-24)21(28)23-18-5-3-4-16(12-18)15(2)26/h3-7,12-13H,8-11H2,1-2H3,(H,23,28). The molecule has 0 unspecified atom stereocenters. The van der Waals surface area contributed by atoms with E-state index in [1.165, 1.54) is 13.0 Å². The van der Waals surface area contributed by atoms with Gasteiger partial charge in [-0.25, -0.2) is 9.18 Å². The normalized spacial score (nSPS) is 14.0. The third-order valence-electron chi connectivity index (χ3n) is 4.79. The lowest BCUT2D eigenvalue weighted by molar-refractivity contribution is 0.0671. The molecule has 3 rings (SSSR count). The molecule has 1 aliphatic rings. The molecule has 1 aliphatic heterocycles. The number of hydrogen-bond donors (Lipinski definition) is 1. The first-order chi connectivity index (χ1) is 13.3. The van der Waals surface area contributed by atoms with Gasteiger partial charge < -0.3 is 15.1 Å². The Bertz CT molecular complexity index is 921. The van der Waals surface area contributed by atoms with Crippen molar-refractivity contribution in [2.45, 2.75) is 13.8 Å². The van der Waals surface area contributed by atoms with E-state index in [0.29, 0.717) is 48.6 Å². The van der Waals surface area contributed by atoms with Crippen LogP contribution in [-0.2, 0) is 0 Å². The summed E-state index contributed by atoms with van der Waals surface area (Å²) in [7, 11) is 0. The van der Waals surface area contributed by atoms with Crippen LogP contribution in [0.1, 0.15) is 33.2 Å². The molecule has 0 saturated carbocycles. The second-order valence-corrected chi connectivity index (χ2v) is 6.81. The van der Waals surface area contributed by atoms with Crippen molar-refractivity contribution in [2.75, 3.05) is 31.5 Å². The number of amides is 3. The minimum absolute atomic E-state index is 0.0734. The second kappa shape index (κ2) is 8.21. The van der Waals surface area contributed by atoms with Crippen LogP contribution in [0.4, 0.5) is 14.9 Å². The van der Waals surface area contributed by atoms with Crippen LogP contribution in [0.2, 0.25) is 0 Å². The largest absolute Gasteiger partial charge is 0.335 e. The number of benzene rings is 2. The number of aryl methyl sites for hydroxylation is 1. The molecule has 0 spiro atoms. The minimum atomic E-state index is -0.406. The van der Waals surface area contributed by atoms with Gasteiger partial charge >= 0.3 is 6.03 Å². The molecule has 7 heteroatoms. The number of carbonyl (C=O) groups excluding carboxylic acids is 3. The molecule has 28 heavy (non-hydrogen) atoms. The molecule has 0 aliphatic carbocycles. The summed E-state index contributed by atoms with van der Waals surface area (Å²) in [5, 5.41) is 2.78. The number of nitrogens with zero attached hydrogens (tertiary/aromatic N) is 2. The maximum atomic E-state index is 13.7. The van der Waals surface area contributed by atoms with Crippen molar-refractivity contribution in [1.29, 1.82) is 0 Å². The van der Waals surface area contributed by atoms with Gasteiger partial charge in [0.25, 0.3) is 5.91 Å². The highest BCUT2D eigenvalue weighted by Gasteiger charge is 2.25. The van der Waals surface area contributed by atoms with E-state index in [1.807, 2.05) is 0 Å². The lowest BCUT2D eigenvalue weighted by Gasteiger charge is -2.34. The molecule has 1 heterocycles. The fourth-order valence-corrected chi connectivity index (χ4v) is 3.04. The number of carbonyl (C=O) groups is 3. The molecule has 0 bridgehead atoms. The van der Waals surface area contributed by atoms with Crippen molar-refractivity contribution in [3.8, 4) is 0 Å². The Morgan fingerprint density at radius 2 is 1.61 bits per heavy atom. The molecule has 1 N–H and O–H groups in total. The Kier molecular flexibility index (Phi) is 5.73. The second-order valence-electron chi connectivity index (χ2n) is 6.81. The highest BCUT2D eigenvalue weighted by Crippen LogP contribution is 2.15. The van der Waals surface area contributed by atoms with Crippen molar-refractivity contribution < 1.29 is 18.8 Å². The van der Waals surface area contributed by atoms with Crippen LogP contribution >= 0.6 is 0 Å². The molecule has 0 atom stereocenters. The van der Waals surface area contributed by atoms with Gasteiger partial charge in [-0.15, -0.1) is 0 Å². The van der Waals surface area contributed by atoms with E-state index in [0.717, 1.165) is 0 Å². The molecule has 1 fully saturated rings. The number of hydrogen-bond acceptors (Lipinski definition) is 3. The van der Waals surface area contributed by atoms with Crippen molar-refractivity contribution >= 4 is 23.4 Å². The van der Waals surface area contributed by atoms with Crippen LogP contribution in [0.5, 0.6) is 0 Å². The van der Waals surface area contributed by atoms with E-state index in [9.17, 15) is 18.8 Å². The summed E-state index contributed by atoms with van der Waals surface area (Å²) in [6.45, 7) is 4.60. The monoisotopic (exact) mass is 383 g/mol. The number of Topliss-reactive ketones (excluding diaryl/α,β-unsaturated/α-hetero) is 1. The van der Waals surface area contributed by atoms with Gasteiger partial charge in [-0.05, 0) is 43.7 Å². The number of anilines is 1. The molecule has 3 amide bonds.